The van der Waals surface area contributed by atoms with Crippen molar-refractivity contribution in [2.24, 2.45) is 0 Å². The Morgan fingerprint density at radius 2 is 1.40 bits per heavy atom. The van der Waals surface area contributed by atoms with Crippen molar-refractivity contribution in [2.75, 3.05) is 0 Å². The zero-order chi connectivity index (χ0) is 3.58. The van der Waals surface area contributed by atoms with Crippen molar-refractivity contribution in [1.82, 2.24) is 0 Å². The summed E-state index contributed by atoms with van der Waals surface area (Å²) in [6.45, 7) is 1.84. The van der Waals surface area contributed by atoms with E-state index in [2.05, 4.69) is 0 Å². The first kappa shape index (κ1) is 9.43. The molecule has 0 amide bonds. The Labute approximate surface area is 48.9 Å². The smallest absolute Gasteiger partial charge is 0.151 e. The Bertz CT molecular complexity index is 11.6. The van der Waals surface area contributed by atoms with Gasteiger partial charge in [0.15, 0.2) is 0 Å². The first-order chi connectivity index (χ1) is 1.73. The molecule has 0 aliphatic carbocycles. The third kappa shape index (κ3) is 41.0. The molecular weight excluding hydrogens is 146 g/mol. The minimum Gasteiger partial charge on any atom is -0.151 e. The SMILES string of the molecule is C[SiH](Cl)Cl.Cl. The maximum absolute atomic E-state index is 5.18. The normalized spacial score (nSPS) is 7.20. The molecule has 0 saturated carbocycles. The average molecular weight is 151 g/mol. The first-order valence-electron chi connectivity index (χ1n) is 1.01. The minimum absolute atomic E-state index is 0. The van der Waals surface area contributed by atoms with Crippen molar-refractivity contribution >= 4 is 42.0 Å². The van der Waals surface area contributed by atoms with Gasteiger partial charge >= 0.3 is 0 Å². The maximum Gasteiger partial charge on any atom is 0.234 e. The standard InChI is InChI=1S/CH4Cl2Si.ClH/c1-4(2)3;/h4H,1H3;1H. The lowest BCUT2D eigenvalue weighted by atomic mass is 11.9. The van der Waals surface area contributed by atoms with E-state index in [0.29, 0.717) is 0 Å². The topological polar surface area (TPSA) is 0 Å². The molecule has 0 spiro atoms. The Balaban J connectivity index is 0. The maximum atomic E-state index is 5.18. The number of hydrogen-bond acceptors (Lipinski definition) is 0. The van der Waals surface area contributed by atoms with Gasteiger partial charge in [-0.3, -0.25) is 0 Å². The molecule has 0 bridgehead atoms. The monoisotopic (exact) mass is 150 g/mol. The lowest BCUT2D eigenvalue weighted by Crippen LogP contribution is -1.72. The second kappa shape index (κ2) is 5.09. The van der Waals surface area contributed by atoms with Gasteiger partial charge in [-0.15, -0.1) is 12.4 Å². The molecule has 0 atom stereocenters. The third-order valence-corrected chi connectivity index (χ3v) is 0. The predicted octanol–water partition coefficient (Wildman–Crippen LogP) is 1.74. The van der Waals surface area contributed by atoms with E-state index in [0.717, 1.165) is 0 Å². The quantitative estimate of drug-likeness (QED) is 0.365. The summed E-state index contributed by atoms with van der Waals surface area (Å²) in [6.07, 6.45) is 0. The minimum atomic E-state index is -1.19. The molecule has 5 heavy (non-hydrogen) atoms. The van der Waals surface area contributed by atoms with Crippen LogP contribution in [0.5, 0.6) is 0 Å². The molecule has 34 valence electrons. The fraction of sp³-hybridized carbons (Fsp3) is 1.00. The van der Waals surface area contributed by atoms with Crippen LogP contribution in [0.25, 0.3) is 0 Å². The Morgan fingerprint density at radius 3 is 1.40 bits per heavy atom. The highest BCUT2D eigenvalue weighted by Gasteiger charge is 1.80. The summed E-state index contributed by atoms with van der Waals surface area (Å²) in [5.74, 6) is 0. The molecule has 0 N–H and O–H groups in total. The average Bonchev–Trinajstić information content (AvgIpc) is 0.811. The molecule has 0 aromatic carbocycles. The highest BCUT2D eigenvalue weighted by atomic mass is 35.7. The van der Waals surface area contributed by atoms with E-state index >= 15 is 0 Å². The van der Waals surface area contributed by atoms with Crippen molar-refractivity contribution < 1.29 is 0 Å². The summed E-state index contributed by atoms with van der Waals surface area (Å²) in [5.41, 5.74) is 0. The summed E-state index contributed by atoms with van der Waals surface area (Å²) >= 11 is 10.4. The van der Waals surface area contributed by atoms with Crippen molar-refractivity contribution in [3.8, 4) is 0 Å². The highest BCUT2D eigenvalue weighted by Crippen LogP contribution is 1.89. The van der Waals surface area contributed by atoms with Gasteiger partial charge < -0.3 is 0 Å². The van der Waals surface area contributed by atoms with Gasteiger partial charge in [-0.05, 0) is 6.55 Å². The van der Waals surface area contributed by atoms with E-state index in [1.807, 2.05) is 6.55 Å². The molecule has 0 nitrogen and oxygen atoms in total. The molecule has 4 heteroatoms. The van der Waals surface area contributed by atoms with Crippen LogP contribution in [0.2, 0.25) is 6.55 Å². The summed E-state index contributed by atoms with van der Waals surface area (Å²) in [5, 5.41) is 0. The van der Waals surface area contributed by atoms with Crippen molar-refractivity contribution in [3.63, 3.8) is 0 Å². The number of halogens is 3. The van der Waals surface area contributed by atoms with Gasteiger partial charge in [0.1, 0.15) is 0 Å². The molecule has 0 aliphatic rings. The summed E-state index contributed by atoms with van der Waals surface area (Å²) in [4.78, 5) is 0. The van der Waals surface area contributed by atoms with Crippen LogP contribution in [-0.2, 0) is 0 Å². The Kier molecular flexibility index (Phi) is 9.59. The van der Waals surface area contributed by atoms with E-state index in [1.54, 1.807) is 0 Å². The van der Waals surface area contributed by atoms with E-state index in [4.69, 9.17) is 22.2 Å². The zero-order valence-electron chi connectivity index (χ0n) is 2.74. The second-order valence-corrected chi connectivity index (χ2v) is 6.15. The summed E-state index contributed by atoms with van der Waals surface area (Å²) < 4.78 is 0. The van der Waals surface area contributed by atoms with E-state index in [-0.39, 0.29) is 12.4 Å². The number of hydrogen-bond donors (Lipinski definition) is 0. The van der Waals surface area contributed by atoms with E-state index in [1.165, 1.54) is 0 Å². The zero-order valence-corrected chi connectivity index (χ0v) is 6.22. The molecule has 0 aliphatic heterocycles. The fourth-order valence-electron chi connectivity index (χ4n) is 0. The van der Waals surface area contributed by atoms with Gasteiger partial charge in [-0.2, -0.15) is 22.2 Å². The Hall–Kier alpha value is 1.09. The van der Waals surface area contributed by atoms with Crippen LogP contribution in [0.15, 0.2) is 0 Å². The van der Waals surface area contributed by atoms with Gasteiger partial charge in [0.2, 0.25) is 7.42 Å². The van der Waals surface area contributed by atoms with Crippen LogP contribution >= 0.6 is 34.6 Å². The summed E-state index contributed by atoms with van der Waals surface area (Å²) in [6, 6.07) is 0. The van der Waals surface area contributed by atoms with E-state index in [9.17, 15) is 0 Å². The van der Waals surface area contributed by atoms with Gasteiger partial charge in [0.05, 0.1) is 0 Å². The van der Waals surface area contributed by atoms with Crippen LogP contribution in [0, 0.1) is 0 Å². The van der Waals surface area contributed by atoms with Crippen LogP contribution < -0.4 is 0 Å². The molecule has 0 aromatic rings. The van der Waals surface area contributed by atoms with Gasteiger partial charge in [-0.1, -0.05) is 0 Å². The van der Waals surface area contributed by atoms with Gasteiger partial charge in [0, 0.05) is 0 Å². The van der Waals surface area contributed by atoms with Gasteiger partial charge in [-0.25, -0.2) is 0 Å². The van der Waals surface area contributed by atoms with Crippen LogP contribution in [-0.4, -0.2) is 7.42 Å². The highest BCUT2D eigenvalue weighted by molar-refractivity contribution is 7.33. The molecule has 0 unspecified atom stereocenters. The largest absolute Gasteiger partial charge is 0.234 e. The summed E-state index contributed by atoms with van der Waals surface area (Å²) in [7, 11) is -1.19. The lowest BCUT2D eigenvalue weighted by molar-refractivity contribution is 2.34. The van der Waals surface area contributed by atoms with E-state index < -0.39 is 7.42 Å². The van der Waals surface area contributed by atoms with Crippen LogP contribution in [0.3, 0.4) is 0 Å². The first-order valence-corrected chi connectivity index (χ1v) is 5.66. The van der Waals surface area contributed by atoms with Gasteiger partial charge in [0.25, 0.3) is 0 Å². The van der Waals surface area contributed by atoms with Crippen molar-refractivity contribution in [1.29, 1.82) is 0 Å². The fourth-order valence-corrected chi connectivity index (χ4v) is 0. The molecule has 0 saturated heterocycles. The molecule has 0 rings (SSSR count). The number of rotatable bonds is 0. The molecular formula is CH5Cl3Si. The van der Waals surface area contributed by atoms with Crippen LogP contribution in [0.1, 0.15) is 0 Å². The molecule has 0 aromatic heterocycles. The van der Waals surface area contributed by atoms with Crippen molar-refractivity contribution in [3.05, 3.63) is 0 Å². The second-order valence-electron chi connectivity index (χ2n) is 0.519. The Morgan fingerprint density at radius 1 is 1.40 bits per heavy atom. The lowest BCUT2D eigenvalue weighted by Gasteiger charge is -1.68. The third-order valence-electron chi connectivity index (χ3n) is 0. The van der Waals surface area contributed by atoms with Crippen molar-refractivity contribution in [2.45, 2.75) is 6.55 Å². The predicted molar refractivity (Wildman–Crippen MR) is 32.0 cm³/mol. The molecule has 0 radical (unpaired) electrons. The molecule has 0 fully saturated rings. The van der Waals surface area contributed by atoms with Crippen LogP contribution in [0.4, 0.5) is 0 Å². The molecule has 0 heterocycles.